The predicted molar refractivity (Wildman–Crippen MR) is 356 cm³/mol. The molecule has 91 heavy (non-hydrogen) atoms. The number of allylic oxidation sites excluding steroid dienone is 3. The molecule has 6 aromatic rings. The number of sulfonamides is 1. The second-order valence-electron chi connectivity index (χ2n) is 26.2. The summed E-state index contributed by atoms with van der Waals surface area (Å²) in [5.41, 5.74) is 9.66. The van der Waals surface area contributed by atoms with Crippen molar-refractivity contribution in [1.29, 1.82) is 15.8 Å². The smallest absolute Gasteiger partial charge is 0.223 e. The summed E-state index contributed by atoms with van der Waals surface area (Å²) in [4.78, 5) is 25.8. The maximum absolute atomic E-state index is 12.9. The van der Waals surface area contributed by atoms with Gasteiger partial charge in [-0.1, -0.05) is 133 Å². The number of fused-ring (bicyclic) bond motifs is 3. The van der Waals surface area contributed by atoms with Gasteiger partial charge in [0.15, 0.2) is 9.84 Å². The molecule has 3 aromatic carbocycles. The molecule has 12 rings (SSSR count). The molecule has 15 nitrogen and oxygen atoms in total. The number of nitrogens with one attached hydrogen (secondary N) is 1. The zero-order valence-corrected chi connectivity index (χ0v) is 54.4. The van der Waals surface area contributed by atoms with Gasteiger partial charge >= 0.3 is 0 Å². The topological polar surface area (TPSA) is 251 Å². The number of aliphatic hydroxyl groups is 2. The van der Waals surface area contributed by atoms with Crippen LogP contribution in [0.25, 0.3) is 51.6 Å². The molecule has 6 aliphatic rings. The van der Waals surface area contributed by atoms with Crippen LogP contribution in [0.2, 0.25) is 0 Å². The number of hydrogen-bond acceptors (Lipinski definition) is 13. The first kappa shape index (κ1) is 66.0. The number of carbonyl (C=O) groups excluding carboxylic acids is 1. The van der Waals surface area contributed by atoms with E-state index in [-0.39, 0.29) is 66.4 Å². The van der Waals surface area contributed by atoms with Gasteiger partial charge in [-0.15, -0.1) is 0 Å². The number of sulfone groups is 1. The third-order valence-corrected chi connectivity index (χ3v) is 26.0. The van der Waals surface area contributed by atoms with Gasteiger partial charge in [-0.25, -0.2) is 21.1 Å². The van der Waals surface area contributed by atoms with Crippen molar-refractivity contribution in [1.82, 2.24) is 24.6 Å². The van der Waals surface area contributed by atoms with Gasteiger partial charge in [-0.3, -0.25) is 19.7 Å². The molecule has 0 spiro atoms. The van der Waals surface area contributed by atoms with Crippen LogP contribution in [0.3, 0.4) is 0 Å². The van der Waals surface area contributed by atoms with Crippen molar-refractivity contribution in [3.05, 3.63) is 180 Å². The molecule has 472 valence electrons. The molecule has 3 aliphatic heterocycles. The van der Waals surface area contributed by atoms with E-state index in [1.54, 1.807) is 31.6 Å². The molecule has 0 bridgehead atoms. The fourth-order valence-corrected chi connectivity index (χ4v) is 20.1. The number of benzene rings is 3. The first-order chi connectivity index (χ1) is 43.7. The quantitative estimate of drug-likeness (QED) is 0.109. The van der Waals surface area contributed by atoms with Gasteiger partial charge in [0.05, 0.1) is 76.2 Å². The monoisotopic (exact) mass is 1260 g/mol. The van der Waals surface area contributed by atoms with Crippen molar-refractivity contribution in [2.75, 3.05) is 32.6 Å². The van der Waals surface area contributed by atoms with E-state index in [9.17, 15) is 47.6 Å². The summed E-state index contributed by atoms with van der Waals surface area (Å²) >= 11 is 0. The summed E-state index contributed by atoms with van der Waals surface area (Å²) in [6.07, 6.45) is 20.5. The number of nitriles is 3. The second-order valence-corrected chi connectivity index (χ2v) is 30.7. The molecule has 6 fully saturated rings. The Kier molecular flexibility index (Phi) is 20.5. The molecule has 17 atom stereocenters. The van der Waals surface area contributed by atoms with Crippen LogP contribution in [0.5, 0.6) is 0 Å². The summed E-state index contributed by atoms with van der Waals surface area (Å²) in [6.45, 7) is 13.4. The molecule has 3 saturated carbocycles. The summed E-state index contributed by atoms with van der Waals surface area (Å²) < 4.78 is 52.4. The van der Waals surface area contributed by atoms with Gasteiger partial charge in [-0.05, 0) is 145 Å². The molecular formula is C74H82N8O7S2. The van der Waals surface area contributed by atoms with Crippen LogP contribution in [-0.2, 0) is 24.7 Å². The van der Waals surface area contributed by atoms with Crippen molar-refractivity contribution >= 4 is 44.0 Å². The number of carbonyl (C=O) groups is 1. The number of pyridine rings is 3. The lowest BCUT2D eigenvalue weighted by atomic mass is 9.62. The summed E-state index contributed by atoms with van der Waals surface area (Å²) in [5.74, 6) is 3.90. The summed E-state index contributed by atoms with van der Waals surface area (Å²) in [6, 6.07) is 40.8. The Balaban J connectivity index is 0.000000150. The fraction of sp³-hybridized carbons (Fsp3) is 0.419. The first-order valence-electron chi connectivity index (χ1n) is 31.8. The molecule has 3 aromatic heterocycles. The van der Waals surface area contributed by atoms with Gasteiger partial charge in [0.1, 0.15) is 5.25 Å². The number of aromatic nitrogens is 3. The highest BCUT2D eigenvalue weighted by Crippen LogP contribution is 2.52. The Morgan fingerprint density at radius 2 is 0.956 bits per heavy atom. The normalized spacial score (nSPS) is 31.1. The SMILES string of the molecule is C[C@H]1[C@H](/C=C/c2ccc(-c3ccccc3C#N)cn2)[C@@H]2CNC(=O)[C@@H]2C[C@@H]1C.C[C@H]1[C@H](/C=C/c2ccc(-c3ccccc3C#N)cn2)[C@H]2[C@@H](C[C@@H]1C)CS(=O)(=O)[C@@H]2CO.C[C@H]1[C@H](/C=C/c2ccc(-c3ccccc3C#N)cn2)[C@H]2[C@@H](C[C@@H]1C)N(C)S(=O)(=O)[C@@H]2CO. The van der Waals surface area contributed by atoms with Crippen LogP contribution >= 0.6 is 0 Å². The number of amides is 1. The number of nitrogens with zero attached hydrogens (tertiary/aromatic N) is 7. The zero-order valence-electron chi connectivity index (χ0n) is 52.7. The standard InChI is InChI=1S/C25H29N3O3S.C25H28N2O3S.C24H25N3O/c1-16-12-23-25(24(15-29)32(30,31)28(23)3)21(17(16)2)11-10-20-9-8-19(14-27-20)22-7-5-4-6-18(22)13-26;1-16-11-20-15-31(29,30)24(14-28)25(20)22(17(16)2)10-9-21-8-7-19(13-27-21)23-6-4-3-5-18(23)12-26;1-15-11-22-23(14-27-24(22)28)20(16(15)2)10-9-19-8-7-18(13-26-19)21-6-4-3-5-17(21)12-25/h4-11,14,16-17,21,23-25,29H,12,15H2,1-3H3;3-10,13,16-17,20,22,24-25,28H,11,14-15H2,1-2H3;3-10,13,15-16,20,22-23H,11,14H2,1-2H3,(H,27,28)/b11-10+;2*10-9+/t16-,17+,21-,23+,24+,25-;16-,17+,20-,22-,24+,25+;15-,16+,20-,22+,23-/m000/s1. The molecule has 0 radical (unpaired) electrons. The van der Waals surface area contributed by atoms with E-state index in [4.69, 9.17) is 0 Å². The van der Waals surface area contributed by atoms with Crippen LogP contribution in [0, 0.1) is 117 Å². The van der Waals surface area contributed by atoms with Gasteiger partial charge in [-0.2, -0.15) is 15.8 Å². The Hall–Kier alpha value is -7.95. The molecule has 0 unspecified atom stereocenters. The van der Waals surface area contributed by atoms with E-state index in [0.717, 1.165) is 76.3 Å². The van der Waals surface area contributed by atoms with Gasteiger partial charge in [0.2, 0.25) is 15.9 Å². The highest BCUT2D eigenvalue weighted by atomic mass is 32.2. The average molecular weight is 1260 g/mol. The van der Waals surface area contributed by atoms with Gasteiger partial charge < -0.3 is 15.5 Å². The summed E-state index contributed by atoms with van der Waals surface area (Å²) in [7, 11) is -5.10. The van der Waals surface area contributed by atoms with E-state index >= 15 is 0 Å². The van der Waals surface area contributed by atoms with Gasteiger partial charge in [0.25, 0.3) is 0 Å². The number of rotatable bonds is 11. The highest BCUT2D eigenvalue weighted by molar-refractivity contribution is 7.92. The number of hydrogen-bond donors (Lipinski definition) is 3. The molecule has 3 N–H and O–H groups in total. The van der Waals surface area contributed by atoms with Crippen LogP contribution in [0.15, 0.2) is 146 Å². The van der Waals surface area contributed by atoms with Crippen LogP contribution < -0.4 is 5.32 Å². The first-order valence-corrected chi connectivity index (χ1v) is 35.0. The summed E-state index contributed by atoms with van der Waals surface area (Å²) in [5, 5.41) is 49.3. The predicted octanol–water partition coefficient (Wildman–Crippen LogP) is 11.8. The minimum absolute atomic E-state index is 0.0291. The molecule has 17 heteroatoms. The van der Waals surface area contributed by atoms with Crippen LogP contribution in [0.1, 0.15) is 94.6 Å². The van der Waals surface area contributed by atoms with E-state index in [1.165, 1.54) is 4.31 Å². The van der Waals surface area contributed by atoms with Crippen molar-refractivity contribution in [2.45, 2.75) is 77.3 Å². The largest absolute Gasteiger partial charge is 0.395 e. The molecule has 3 aliphatic carbocycles. The van der Waals surface area contributed by atoms with Crippen LogP contribution in [-0.4, -0.2) is 101 Å². The van der Waals surface area contributed by atoms with Gasteiger partial charge in [0, 0.05) is 83.4 Å². The van der Waals surface area contributed by atoms with Crippen molar-refractivity contribution < 1.29 is 31.8 Å². The Morgan fingerprint density at radius 1 is 0.549 bits per heavy atom. The van der Waals surface area contributed by atoms with Crippen molar-refractivity contribution in [2.24, 2.45) is 82.9 Å². The maximum atomic E-state index is 12.9. The fourth-order valence-electron chi connectivity index (χ4n) is 15.8. The van der Waals surface area contributed by atoms with E-state index in [1.807, 2.05) is 115 Å². The lowest BCUT2D eigenvalue weighted by Crippen LogP contribution is -2.45. The lowest BCUT2D eigenvalue weighted by molar-refractivity contribution is -0.124. The minimum Gasteiger partial charge on any atom is -0.395 e. The average Bonchev–Trinajstić information content (AvgIpc) is 1.59. The lowest BCUT2D eigenvalue weighted by Gasteiger charge is -2.42. The molecule has 1 amide bonds. The second kappa shape index (κ2) is 28.3. The Bertz CT molecular complexity index is 4040. The number of aliphatic hydroxyl groups excluding tert-OH is 2. The minimum atomic E-state index is -3.50. The Morgan fingerprint density at radius 3 is 1.38 bits per heavy atom. The van der Waals surface area contributed by atoms with E-state index in [0.29, 0.717) is 64.0 Å². The maximum Gasteiger partial charge on any atom is 0.223 e. The Labute approximate surface area is 537 Å². The third-order valence-electron chi connectivity index (χ3n) is 21.4. The van der Waals surface area contributed by atoms with Crippen molar-refractivity contribution in [3.8, 4) is 51.6 Å². The van der Waals surface area contributed by atoms with E-state index < -0.39 is 30.4 Å². The van der Waals surface area contributed by atoms with E-state index in [2.05, 4.69) is 104 Å². The molecule has 3 saturated heterocycles. The molecule has 6 heterocycles. The zero-order chi connectivity index (χ0) is 64.9. The molecular weight excluding hydrogens is 1180 g/mol. The van der Waals surface area contributed by atoms with Crippen LogP contribution in [0.4, 0.5) is 0 Å². The van der Waals surface area contributed by atoms with Crippen molar-refractivity contribution in [3.63, 3.8) is 0 Å². The third kappa shape index (κ3) is 13.7. The highest BCUT2D eigenvalue weighted by Gasteiger charge is 2.57.